The van der Waals surface area contributed by atoms with Gasteiger partial charge in [0.25, 0.3) is 0 Å². The van der Waals surface area contributed by atoms with E-state index in [0.29, 0.717) is 0 Å². The minimum Gasteiger partial charge on any atom is -0.387 e. The van der Waals surface area contributed by atoms with E-state index in [-0.39, 0.29) is 11.4 Å². The molecule has 1 aromatic rings. The highest BCUT2D eigenvalue weighted by Crippen LogP contribution is 2.18. The molecule has 1 rings (SSSR count). The number of rotatable bonds is 2. The second-order valence-corrected chi connectivity index (χ2v) is 3.00. The first-order chi connectivity index (χ1) is 5.65. The lowest BCUT2D eigenvalue weighted by Gasteiger charge is -2.08. The Morgan fingerprint density at radius 1 is 1.58 bits per heavy atom. The monoisotopic (exact) mass is 188 g/mol. The van der Waals surface area contributed by atoms with E-state index in [2.05, 4.69) is 0 Å². The van der Waals surface area contributed by atoms with Crippen LogP contribution in [0.15, 0.2) is 18.2 Å². The predicted octanol–water partition coefficient (Wildman–Crippen LogP) is 2.41. The van der Waals surface area contributed by atoms with Gasteiger partial charge in [0.2, 0.25) is 0 Å². The smallest absolute Gasteiger partial charge is 0.129 e. The molecule has 0 radical (unpaired) electrons. The van der Waals surface area contributed by atoms with Crippen molar-refractivity contribution in [2.24, 2.45) is 0 Å². The summed E-state index contributed by atoms with van der Waals surface area (Å²) in [6.07, 6.45) is -0.910. The highest BCUT2D eigenvalue weighted by molar-refractivity contribution is 6.18. The van der Waals surface area contributed by atoms with E-state index in [1.54, 1.807) is 19.1 Å². The summed E-state index contributed by atoms with van der Waals surface area (Å²) in [6.45, 7) is 1.79. The molecule has 0 aliphatic heterocycles. The van der Waals surface area contributed by atoms with Crippen LogP contribution >= 0.6 is 11.6 Å². The third-order valence-electron chi connectivity index (χ3n) is 1.66. The van der Waals surface area contributed by atoms with Crippen LogP contribution in [0.25, 0.3) is 0 Å². The third kappa shape index (κ3) is 1.96. The van der Waals surface area contributed by atoms with Crippen molar-refractivity contribution in [3.8, 4) is 0 Å². The van der Waals surface area contributed by atoms with Gasteiger partial charge in [-0.15, -0.1) is 11.6 Å². The largest absolute Gasteiger partial charge is 0.387 e. The lowest BCUT2D eigenvalue weighted by atomic mass is 10.1. The first-order valence-electron chi connectivity index (χ1n) is 3.65. The second kappa shape index (κ2) is 3.87. The number of alkyl halides is 1. The van der Waals surface area contributed by atoms with Crippen molar-refractivity contribution in [1.29, 1.82) is 0 Å². The Kier molecular flexibility index (Phi) is 3.06. The summed E-state index contributed by atoms with van der Waals surface area (Å²) < 4.78 is 13.1. The van der Waals surface area contributed by atoms with Gasteiger partial charge in [0.15, 0.2) is 0 Å². The molecule has 0 aromatic heterocycles. The van der Waals surface area contributed by atoms with Gasteiger partial charge in [-0.1, -0.05) is 12.1 Å². The summed E-state index contributed by atoms with van der Waals surface area (Å²) >= 11 is 5.38. The number of benzene rings is 1. The first-order valence-corrected chi connectivity index (χ1v) is 4.18. The third-order valence-corrected chi connectivity index (χ3v) is 1.95. The summed E-state index contributed by atoms with van der Waals surface area (Å²) in [7, 11) is 0. The van der Waals surface area contributed by atoms with E-state index in [1.165, 1.54) is 6.07 Å². The van der Waals surface area contributed by atoms with Crippen molar-refractivity contribution in [3.05, 3.63) is 35.1 Å². The highest BCUT2D eigenvalue weighted by atomic mass is 35.5. The average molecular weight is 189 g/mol. The van der Waals surface area contributed by atoms with E-state index in [1.807, 2.05) is 0 Å². The Bertz CT molecular complexity index is 275. The Morgan fingerprint density at radius 2 is 2.25 bits per heavy atom. The number of hydrogen-bond donors (Lipinski definition) is 1. The van der Waals surface area contributed by atoms with Crippen molar-refractivity contribution < 1.29 is 9.50 Å². The average Bonchev–Trinajstić information content (AvgIpc) is 2.03. The van der Waals surface area contributed by atoms with E-state index in [0.717, 1.165) is 5.56 Å². The lowest BCUT2D eigenvalue weighted by Crippen LogP contribution is -2.01. The number of aliphatic hydroxyl groups excluding tert-OH is 1. The predicted molar refractivity (Wildman–Crippen MR) is 46.8 cm³/mol. The lowest BCUT2D eigenvalue weighted by molar-refractivity contribution is 0.197. The molecule has 0 heterocycles. The molecule has 1 N–H and O–H groups in total. The maximum absolute atomic E-state index is 13.1. The zero-order chi connectivity index (χ0) is 9.14. The number of halogens is 2. The molecule has 3 heteroatoms. The quantitative estimate of drug-likeness (QED) is 0.707. The molecule has 0 saturated carbocycles. The molecule has 66 valence electrons. The van der Waals surface area contributed by atoms with Gasteiger partial charge in [-0.25, -0.2) is 4.39 Å². The van der Waals surface area contributed by atoms with Crippen LogP contribution in [0.1, 0.15) is 17.2 Å². The summed E-state index contributed by atoms with van der Waals surface area (Å²) in [6, 6.07) is 4.68. The van der Waals surface area contributed by atoms with Gasteiger partial charge in [0.1, 0.15) is 5.82 Å². The highest BCUT2D eigenvalue weighted by Gasteiger charge is 2.10. The van der Waals surface area contributed by atoms with E-state index in [4.69, 9.17) is 11.6 Å². The fourth-order valence-corrected chi connectivity index (χ4v) is 1.15. The molecule has 1 aromatic carbocycles. The zero-order valence-corrected chi connectivity index (χ0v) is 7.48. The van der Waals surface area contributed by atoms with Crippen molar-refractivity contribution in [1.82, 2.24) is 0 Å². The van der Waals surface area contributed by atoms with Crippen LogP contribution < -0.4 is 0 Å². The van der Waals surface area contributed by atoms with Crippen molar-refractivity contribution >= 4 is 11.6 Å². The van der Waals surface area contributed by atoms with E-state index < -0.39 is 11.9 Å². The van der Waals surface area contributed by atoms with Gasteiger partial charge >= 0.3 is 0 Å². The van der Waals surface area contributed by atoms with Crippen LogP contribution in [0.5, 0.6) is 0 Å². The molecule has 12 heavy (non-hydrogen) atoms. The molecule has 0 aliphatic rings. The van der Waals surface area contributed by atoms with Crippen LogP contribution in [-0.2, 0) is 0 Å². The van der Waals surface area contributed by atoms with Crippen molar-refractivity contribution in [2.45, 2.75) is 13.0 Å². The molecule has 0 fully saturated rings. The minimum absolute atomic E-state index is 0.0139. The van der Waals surface area contributed by atoms with Crippen LogP contribution in [-0.4, -0.2) is 11.0 Å². The van der Waals surface area contributed by atoms with Gasteiger partial charge in [-0.2, -0.15) is 0 Å². The molecule has 0 spiro atoms. The van der Waals surface area contributed by atoms with Gasteiger partial charge in [-0.05, 0) is 18.6 Å². The number of hydrogen-bond acceptors (Lipinski definition) is 1. The molecular formula is C9H10ClFO. The first kappa shape index (κ1) is 9.49. The topological polar surface area (TPSA) is 20.2 Å². The van der Waals surface area contributed by atoms with Crippen molar-refractivity contribution in [2.75, 3.05) is 5.88 Å². The fourth-order valence-electron chi connectivity index (χ4n) is 0.986. The van der Waals surface area contributed by atoms with Gasteiger partial charge < -0.3 is 5.11 Å². The maximum atomic E-state index is 13.1. The van der Waals surface area contributed by atoms with Crippen LogP contribution in [0.3, 0.4) is 0 Å². The molecule has 0 saturated heterocycles. The standard InChI is InChI=1S/C9H10ClFO/c1-6-2-3-7(8(11)4-6)9(12)5-10/h2-4,9,12H,5H2,1H3. The number of aryl methyl sites for hydroxylation is 1. The molecule has 1 unspecified atom stereocenters. The van der Waals surface area contributed by atoms with E-state index >= 15 is 0 Å². The van der Waals surface area contributed by atoms with Gasteiger partial charge in [0, 0.05) is 5.56 Å². The Hall–Kier alpha value is -0.600. The normalized spacial score (nSPS) is 13.0. The Morgan fingerprint density at radius 3 is 2.75 bits per heavy atom. The summed E-state index contributed by atoms with van der Waals surface area (Å²) in [5.74, 6) is -0.386. The fraction of sp³-hybridized carbons (Fsp3) is 0.333. The molecule has 1 nitrogen and oxygen atoms in total. The van der Waals surface area contributed by atoms with Crippen LogP contribution in [0.4, 0.5) is 4.39 Å². The Balaban J connectivity index is 3.01. The molecule has 0 bridgehead atoms. The summed E-state index contributed by atoms with van der Waals surface area (Å²) in [5, 5.41) is 9.23. The van der Waals surface area contributed by atoms with Crippen LogP contribution in [0.2, 0.25) is 0 Å². The molecule has 0 aliphatic carbocycles. The Labute approximate surface area is 75.8 Å². The summed E-state index contributed by atoms with van der Waals surface area (Å²) in [4.78, 5) is 0. The molecule has 0 amide bonds. The maximum Gasteiger partial charge on any atom is 0.129 e. The SMILES string of the molecule is Cc1ccc(C(O)CCl)c(F)c1. The summed E-state index contributed by atoms with van der Waals surface area (Å²) in [5.41, 5.74) is 1.09. The second-order valence-electron chi connectivity index (χ2n) is 2.70. The molecule has 1 atom stereocenters. The van der Waals surface area contributed by atoms with Crippen LogP contribution in [0, 0.1) is 12.7 Å². The van der Waals surface area contributed by atoms with Gasteiger partial charge in [0.05, 0.1) is 12.0 Å². The van der Waals surface area contributed by atoms with Crippen molar-refractivity contribution in [3.63, 3.8) is 0 Å². The van der Waals surface area contributed by atoms with Gasteiger partial charge in [-0.3, -0.25) is 0 Å². The number of aliphatic hydroxyl groups is 1. The van der Waals surface area contributed by atoms with E-state index in [9.17, 15) is 9.50 Å². The zero-order valence-electron chi connectivity index (χ0n) is 6.72. The minimum atomic E-state index is -0.910. The molecular weight excluding hydrogens is 179 g/mol.